The molecule has 0 radical (unpaired) electrons. The van der Waals surface area contributed by atoms with Gasteiger partial charge in [0.1, 0.15) is 18.3 Å². The Morgan fingerprint density at radius 3 is 2.50 bits per heavy atom. The summed E-state index contributed by atoms with van der Waals surface area (Å²) in [5.41, 5.74) is 0.400. The minimum atomic E-state index is -1.71. The van der Waals surface area contributed by atoms with E-state index >= 15 is 0 Å². The quantitative estimate of drug-likeness (QED) is 0.217. The fraction of sp³-hybridized carbons (Fsp3) is 0.400. The molecule has 0 amide bonds. The summed E-state index contributed by atoms with van der Waals surface area (Å²) in [4.78, 5) is 11.8. The number of aromatic hydroxyl groups is 2. The van der Waals surface area contributed by atoms with E-state index in [1.807, 2.05) is 0 Å². The van der Waals surface area contributed by atoms with Crippen molar-refractivity contribution in [3.8, 4) is 11.5 Å². The summed E-state index contributed by atoms with van der Waals surface area (Å²) in [6, 6.07) is 3.89. The molecule has 0 aliphatic carbocycles. The van der Waals surface area contributed by atoms with Gasteiger partial charge in [0.15, 0.2) is 23.9 Å². The first-order valence-electron chi connectivity index (χ1n) is 7.04. The van der Waals surface area contributed by atoms with E-state index in [1.54, 1.807) is 0 Å². The number of ether oxygens (including phenoxy) is 2. The first kappa shape index (κ1) is 18.2. The molecule has 9 heteroatoms. The van der Waals surface area contributed by atoms with Crippen LogP contribution >= 0.6 is 0 Å². The number of phenols is 2. The van der Waals surface area contributed by atoms with Gasteiger partial charge in [-0.1, -0.05) is 6.07 Å². The molecule has 0 aromatic heterocycles. The van der Waals surface area contributed by atoms with Crippen LogP contribution in [0.15, 0.2) is 24.3 Å². The molecule has 1 unspecified atom stereocenters. The third-order valence-electron chi connectivity index (χ3n) is 3.50. The van der Waals surface area contributed by atoms with E-state index in [0.717, 1.165) is 6.08 Å². The number of carbonyl (C=O) groups excluding carboxylic acids is 1. The van der Waals surface area contributed by atoms with Crippen LogP contribution in [-0.2, 0) is 14.3 Å². The van der Waals surface area contributed by atoms with E-state index in [-0.39, 0.29) is 11.5 Å². The van der Waals surface area contributed by atoms with Gasteiger partial charge in [-0.05, 0) is 23.8 Å². The zero-order valence-corrected chi connectivity index (χ0v) is 12.4. The predicted molar refractivity (Wildman–Crippen MR) is 78.7 cm³/mol. The fourth-order valence-corrected chi connectivity index (χ4v) is 2.19. The Bertz CT molecular complexity index is 613. The number of benzene rings is 1. The van der Waals surface area contributed by atoms with Crippen molar-refractivity contribution in [3.05, 3.63) is 29.8 Å². The van der Waals surface area contributed by atoms with Crippen LogP contribution in [0.1, 0.15) is 5.56 Å². The second-order valence-corrected chi connectivity index (χ2v) is 5.21. The summed E-state index contributed by atoms with van der Waals surface area (Å²) in [6.07, 6.45) is -5.33. The highest BCUT2D eigenvalue weighted by Gasteiger charge is 2.45. The molecule has 5 atom stereocenters. The monoisotopic (exact) mass is 342 g/mol. The van der Waals surface area contributed by atoms with Crippen LogP contribution < -0.4 is 0 Å². The molecule has 132 valence electrons. The number of aliphatic hydroxyl groups is 4. The van der Waals surface area contributed by atoms with Gasteiger partial charge in [0.2, 0.25) is 0 Å². The SMILES string of the molecule is O=C(/C=C/c1ccc(O)c(O)c1)O[C@H]1[C@H](O)[C@@H](O)C(O)O[C@@H]1CO. The Kier molecular flexibility index (Phi) is 5.75. The molecule has 1 heterocycles. The second-order valence-electron chi connectivity index (χ2n) is 5.21. The van der Waals surface area contributed by atoms with Crippen LogP contribution in [0.5, 0.6) is 11.5 Å². The van der Waals surface area contributed by atoms with E-state index in [1.165, 1.54) is 24.3 Å². The molecular formula is C15H18O9. The van der Waals surface area contributed by atoms with Crippen LogP contribution in [0.25, 0.3) is 6.08 Å². The zero-order chi connectivity index (χ0) is 17.9. The molecule has 1 fully saturated rings. The number of aliphatic hydroxyl groups excluding tert-OH is 4. The van der Waals surface area contributed by atoms with E-state index < -0.39 is 43.3 Å². The van der Waals surface area contributed by atoms with Crippen molar-refractivity contribution in [1.82, 2.24) is 0 Å². The summed E-state index contributed by atoms with van der Waals surface area (Å²) in [5.74, 6) is -1.58. The predicted octanol–water partition coefficient (Wildman–Crippen LogP) is -1.55. The van der Waals surface area contributed by atoms with Crippen LogP contribution in [-0.4, -0.2) is 73.9 Å². The van der Waals surface area contributed by atoms with Crippen LogP contribution in [0.4, 0.5) is 0 Å². The second kappa shape index (κ2) is 7.60. The maximum absolute atomic E-state index is 11.8. The third kappa shape index (κ3) is 4.02. The molecule has 0 saturated carbocycles. The fourth-order valence-electron chi connectivity index (χ4n) is 2.19. The lowest BCUT2D eigenvalue weighted by molar-refractivity contribution is -0.289. The highest BCUT2D eigenvalue weighted by atomic mass is 16.7. The van der Waals surface area contributed by atoms with E-state index in [2.05, 4.69) is 0 Å². The average molecular weight is 342 g/mol. The van der Waals surface area contributed by atoms with Crippen LogP contribution in [0.3, 0.4) is 0 Å². The van der Waals surface area contributed by atoms with Gasteiger partial charge < -0.3 is 40.1 Å². The van der Waals surface area contributed by atoms with Gasteiger partial charge >= 0.3 is 5.97 Å². The van der Waals surface area contributed by atoms with E-state index in [4.69, 9.17) is 9.47 Å². The number of hydrogen-bond acceptors (Lipinski definition) is 9. The van der Waals surface area contributed by atoms with Crippen molar-refractivity contribution < 1.29 is 44.9 Å². The number of phenolic OH excluding ortho intramolecular Hbond substituents is 2. The van der Waals surface area contributed by atoms with Gasteiger partial charge in [-0.25, -0.2) is 4.79 Å². The highest BCUT2D eigenvalue weighted by Crippen LogP contribution is 2.26. The first-order valence-corrected chi connectivity index (χ1v) is 7.04. The Hall–Kier alpha value is -2.17. The normalized spacial score (nSPS) is 30.4. The van der Waals surface area contributed by atoms with Crippen LogP contribution in [0.2, 0.25) is 0 Å². The molecule has 9 nitrogen and oxygen atoms in total. The topological polar surface area (TPSA) is 157 Å². The molecule has 0 spiro atoms. The number of hydrogen-bond donors (Lipinski definition) is 6. The van der Waals surface area contributed by atoms with Gasteiger partial charge in [-0.3, -0.25) is 0 Å². The molecule has 0 bridgehead atoms. The lowest BCUT2D eigenvalue weighted by Gasteiger charge is -2.39. The summed E-state index contributed by atoms with van der Waals surface area (Å²) in [7, 11) is 0. The minimum absolute atomic E-state index is 0.310. The summed E-state index contributed by atoms with van der Waals surface area (Å²) >= 11 is 0. The Morgan fingerprint density at radius 2 is 1.88 bits per heavy atom. The smallest absolute Gasteiger partial charge is 0.331 e. The molecular weight excluding hydrogens is 324 g/mol. The van der Waals surface area contributed by atoms with Gasteiger partial charge in [-0.15, -0.1) is 0 Å². The summed E-state index contributed by atoms with van der Waals surface area (Å²) < 4.78 is 9.81. The molecule has 1 aromatic rings. The molecule has 2 rings (SSSR count). The Balaban J connectivity index is 2.04. The van der Waals surface area contributed by atoms with Crippen LogP contribution in [0, 0.1) is 0 Å². The van der Waals surface area contributed by atoms with Gasteiger partial charge in [0.25, 0.3) is 0 Å². The van der Waals surface area contributed by atoms with Gasteiger partial charge in [0, 0.05) is 6.08 Å². The standard InChI is InChI=1S/C15H18O9/c16-6-10-14(12(20)13(21)15(22)23-10)24-11(19)4-2-7-1-3-8(17)9(18)5-7/h1-5,10,12-18,20-22H,6H2/b4-2+/t10-,12-,13-,14-,15?/m1/s1. The molecule has 1 aromatic carbocycles. The maximum Gasteiger partial charge on any atom is 0.331 e. The zero-order valence-electron chi connectivity index (χ0n) is 12.4. The lowest BCUT2D eigenvalue weighted by atomic mass is 9.99. The van der Waals surface area contributed by atoms with Crippen molar-refractivity contribution in [2.45, 2.75) is 30.7 Å². The minimum Gasteiger partial charge on any atom is -0.504 e. The lowest BCUT2D eigenvalue weighted by Crippen LogP contribution is -2.59. The average Bonchev–Trinajstić information content (AvgIpc) is 2.56. The number of esters is 1. The van der Waals surface area contributed by atoms with Crippen molar-refractivity contribution >= 4 is 12.0 Å². The van der Waals surface area contributed by atoms with E-state index in [9.17, 15) is 35.4 Å². The molecule has 1 saturated heterocycles. The number of rotatable bonds is 4. The molecule has 6 N–H and O–H groups in total. The van der Waals surface area contributed by atoms with Gasteiger partial charge in [0.05, 0.1) is 6.61 Å². The van der Waals surface area contributed by atoms with E-state index in [0.29, 0.717) is 5.56 Å². The van der Waals surface area contributed by atoms with Crippen molar-refractivity contribution in [2.75, 3.05) is 6.61 Å². The van der Waals surface area contributed by atoms with Crippen molar-refractivity contribution in [3.63, 3.8) is 0 Å². The molecule has 1 aliphatic heterocycles. The Labute approximate surface area is 136 Å². The maximum atomic E-state index is 11.8. The largest absolute Gasteiger partial charge is 0.504 e. The highest BCUT2D eigenvalue weighted by molar-refractivity contribution is 5.87. The molecule has 24 heavy (non-hydrogen) atoms. The summed E-state index contributed by atoms with van der Waals surface area (Å²) in [5, 5.41) is 56.5. The third-order valence-corrected chi connectivity index (χ3v) is 3.50. The Morgan fingerprint density at radius 1 is 1.17 bits per heavy atom. The molecule has 1 aliphatic rings. The summed E-state index contributed by atoms with van der Waals surface area (Å²) in [6.45, 7) is -0.645. The first-order chi connectivity index (χ1) is 11.3. The van der Waals surface area contributed by atoms with Gasteiger partial charge in [-0.2, -0.15) is 0 Å². The number of carbonyl (C=O) groups is 1. The van der Waals surface area contributed by atoms with Crippen molar-refractivity contribution in [1.29, 1.82) is 0 Å². The van der Waals surface area contributed by atoms with Crippen molar-refractivity contribution in [2.24, 2.45) is 0 Å².